The van der Waals surface area contributed by atoms with Gasteiger partial charge in [-0.15, -0.1) is 0 Å². The van der Waals surface area contributed by atoms with Crippen LogP contribution >= 0.6 is 22.6 Å². The average Bonchev–Trinajstić information content (AvgIpc) is 2.89. The Labute approximate surface area is 131 Å². The van der Waals surface area contributed by atoms with Crippen molar-refractivity contribution in [2.75, 3.05) is 18.6 Å². The number of benzene rings is 2. The molecular formula is C16H14INO2. The second-order valence-electron chi connectivity index (χ2n) is 4.71. The van der Waals surface area contributed by atoms with Gasteiger partial charge in [0.15, 0.2) is 0 Å². The van der Waals surface area contributed by atoms with Gasteiger partial charge in [-0.2, -0.15) is 0 Å². The number of ether oxygens (including phenoxy) is 1. The Morgan fingerprint density at radius 2 is 1.95 bits per heavy atom. The van der Waals surface area contributed by atoms with E-state index in [2.05, 4.69) is 28.7 Å². The zero-order chi connectivity index (χ0) is 14.1. The Balaban J connectivity index is 1.89. The molecule has 2 aromatic rings. The van der Waals surface area contributed by atoms with E-state index in [1.165, 1.54) is 9.13 Å². The zero-order valence-electron chi connectivity index (χ0n) is 11.1. The van der Waals surface area contributed by atoms with Crippen molar-refractivity contribution in [3.63, 3.8) is 0 Å². The van der Waals surface area contributed by atoms with Crippen LogP contribution in [0.25, 0.3) is 0 Å². The van der Waals surface area contributed by atoms with Crippen molar-refractivity contribution in [1.82, 2.24) is 0 Å². The first-order valence-electron chi connectivity index (χ1n) is 6.43. The number of anilines is 1. The van der Waals surface area contributed by atoms with Gasteiger partial charge in [0.05, 0.1) is 7.11 Å². The van der Waals surface area contributed by atoms with Crippen LogP contribution in [0.5, 0.6) is 5.75 Å². The number of fused-ring (bicyclic) bond motifs is 1. The van der Waals surface area contributed by atoms with Crippen LogP contribution < -0.4 is 9.64 Å². The summed E-state index contributed by atoms with van der Waals surface area (Å²) in [6.07, 6.45) is 0.925. The van der Waals surface area contributed by atoms with E-state index < -0.39 is 0 Å². The van der Waals surface area contributed by atoms with Gasteiger partial charge in [-0.05, 0) is 77.0 Å². The molecule has 102 valence electrons. The zero-order valence-corrected chi connectivity index (χ0v) is 13.3. The summed E-state index contributed by atoms with van der Waals surface area (Å²) in [6.45, 7) is 0.750. The maximum Gasteiger partial charge on any atom is 0.258 e. The van der Waals surface area contributed by atoms with E-state index in [0.717, 1.165) is 24.4 Å². The first-order valence-corrected chi connectivity index (χ1v) is 7.51. The van der Waals surface area contributed by atoms with Crippen LogP contribution in [0.4, 0.5) is 5.69 Å². The Kier molecular flexibility index (Phi) is 3.65. The van der Waals surface area contributed by atoms with E-state index in [9.17, 15) is 4.79 Å². The molecule has 0 aliphatic carbocycles. The lowest BCUT2D eigenvalue weighted by molar-refractivity contribution is 0.0989. The minimum atomic E-state index is 0.0487. The highest BCUT2D eigenvalue weighted by Gasteiger charge is 2.25. The summed E-state index contributed by atoms with van der Waals surface area (Å²) in [6, 6.07) is 13.5. The molecule has 0 atom stereocenters. The summed E-state index contributed by atoms with van der Waals surface area (Å²) in [4.78, 5) is 14.4. The van der Waals surface area contributed by atoms with Crippen LogP contribution in [-0.2, 0) is 6.42 Å². The van der Waals surface area contributed by atoms with E-state index in [0.29, 0.717) is 5.56 Å². The molecule has 0 saturated heterocycles. The third-order valence-electron chi connectivity index (χ3n) is 3.52. The van der Waals surface area contributed by atoms with Crippen LogP contribution in [0, 0.1) is 3.57 Å². The molecule has 0 saturated carbocycles. The summed E-state index contributed by atoms with van der Waals surface area (Å²) >= 11 is 2.30. The fourth-order valence-electron chi connectivity index (χ4n) is 2.47. The van der Waals surface area contributed by atoms with Crippen molar-refractivity contribution < 1.29 is 9.53 Å². The van der Waals surface area contributed by atoms with E-state index in [-0.39, 0.29) is 5.91 Å². The number of carbonyl (C=O) groups is 1. The molecule has 1 heterocycles. The molecule has 0 radical (unpaired) electrons. The summed E-state index contributed by atoms with van der Waals surface area (Å²) in [7, 11) is 1.62. The smallest absolute Gasteiger partial charge is 0.258 e. The first kappa shape index (κ1) is 13.4. The van der Waals surface area contributed by atoms with E-state index in [1.54, 1.807) is 7.11 Å². The second-order valence-corrected chi connectivity index (χ2v) is 5.95. The SMILES string of the molecule is COc1ccc(C(=O)N2CCc3cc(I)ccc32)cc1. The fraction of sp³-hybridized carbons (Fsp3) is 0.188. The summed E-state index contributed by atoms with van der Waals surface area (Å²) in [5.74, 6) is 0.811. The summed E-state index contributed by atoms with van der Waals surface area (Å²) in [5, 5.41) is 0. The number of halogens is 1. The Morgan fingerprint density at radius 3 is 2.65 bits per heavy atom. The van der Waals surface area contributed by atoms with Gasteiger partial charge in [-0.3, -0.25) is 4.79 Å². The highest BCUT2D eigenvalue weighted by molar-refractivity contribution is 14.1. The maximum atomic E-state index is 12.6. The first-order chi connectivity index (χ1) is 9.69. The minimum absolute atomic E-state index is 0.0487. The van der Waals surface area contributed by atoms with Crippen molar-refractivity contribution in [2.45, 2.75) is 6.42 Å². The van der Waals surface area contributed by atoms with Crippen molar-refractivity contribution in [2.24, 2.45) is 0 Å². The van der Waals surface area contributed by atoms with Crippen LogP contribution in [-0.4, -0.2) is 19.6 Å². The summed E-state index contributed by atoms with van der Waals surface area (Å²) in [5.41, 5.74) is 2.97. The number of hydrogen-bond donors (Lipinski definition) is 0. The molecule has 0 spiro atoms. The van der Waals surface area contributed by atoms with Crippen LogP contribution in [0.2, 0.25) is 0 Å². The lowest BCUT2D eigenvalue weighted by Crippen LogP contribution is -2.28. The molecule has 20 heavy (non-hydrogen) atoms. The molecule has 0 aromatic heterocycles. The van der Waals surface area contributed by atoms with E-state index in [1.807, 2.05) is 41.3 Å². The molecule has 3 rings (SSSR count). The number of hydrogen-bond acceptors (Lipinski definition) is 2. The molecule has 0 unspecified atom stereocenters. The third kappa shape index (κ3) is 2.40. The monoisotopic (exact) mass is 379 g/mol. The maximum absolute atomic E-state index is 12.6. The van der Waals surface area contributed by atoms with Gasteiger partial charge < -0.3 is 9.64 Å². The van der Waals surface area contributed by atoms with Gasteiger partial charge in [-0.25, -0.2) is 0 Å². The fourth-order valence-corrected chi connectivity index (χ4v) is 3.03. The number of rotatable bonds is 2. The van der Waals surface area contributed by atoms with E-state index in [4.69, 9.17) is 4.74 Å². The minimum Gasteiger partial charge on any atom is -0.497 e. The molecule has 1 amide bonds. The lowest BCUT2D eigenvalue weighted by atomic mass is 10.1. The Bertz CT molecular complexity index is 652. The largest absolute Gasteiger partial charge is 0.497 e. The Hall–Kier alpha value is -1.56. The number of methoxy groups -OCH3 is 1. The van der Waals surface area contributed by atoms with Crippen molar-refractivity contribution >= 4 is 34.2 Å². The van der Waals surface area contributed by atoms with Gasteiger partial charge in [0, 0.05) is 21.4 Å². The predicted octanol–water partition coefficient (Wildman–Crippen LogP) is 3.50. The molecular weight excluding hydrogens is 365 g/mol. The highest BCUT2D eigenvalue weighted by atomic mass is 127. The van der Waals surface area contributed by atoms with Gasteiger partial charge in [0.2, 0.25) is 0 Å². The normalized spacial score (nSPS) is 13.2. The van der Waals surface area contributed by atoms with Crippen LogP contribution in [0.3, 0.4) is 0 Å². The number of carbonyl (C=O) groups excluding carboxylic acids is 1. The van der Waals surface area contributed by atoms with Crippen LogP contribution in [0.15, 0.2) is 42.5 Å². The molecule has 1 aliphatic heterocycles. The number of nitrogens with zero attached hydrogens (tertiary/aromatic N) is 1. The molecule has 1 aliphatic rings. The highest BCUT2D eigenvalue weighted by Crippen LogP contribution is 2.30. The summed E-state index contributed by atoms with van der Waals surface area (Å²) < 4.78 is 6.33. The quantitative estimate of drug-likeness (QED) is 0.748. The molecule has 0 bridgehead atoms. The van der Waals surface area contributed by atoms with Gasteiger partial charge in [0.25, 0.3) is 5.91 Å². The lowest BCUT2D eigenvalue weighted by Gasteiger charge is -2.17. The van der Waals surface area contributed by atoms with Crippen molar-refractivity contribution in [3.8, 4) is 5.75 Å². The number of amides is 1. The third-order valence-corrected chi connectivity index (χ3v) is 4.19. The Morgan fingerprint density at radius 1 is 1.20 bits per heavy atom. The second kappa shape index (κ2) is 5.44. The van der Waals surface area contributed by atoms with E-state index >= 15 is 0 Å². The molecule has 0 fully saturated rings. The molecule has 2 aromatic carbocycles. The topological polar surface area (TPSA) is 29.5 Å². The van der Waals surface area contributed by atoms with Crippen molar-refractivity contribution in [1.29, 1.82) is 0 Å². The molecule has 4 heteroatoms. The van der Waals surface area contributed by atoms with Crippen molar-refractivity contribution in [3.05, 3.63) is 57.2 Å². The van der Waals surface area contributed by atoms with Gasteiger partial charge in [-0.1, -0.05) is 0 Å². The van der Waals surface area contributed by atoms with Gasteiger partial charge >= 0.3 is 0 Å². The molecule has 0 N–H and O–H groups in total. The standard InChI is InChI=1S/C16H14INO2/c1-20-14-5-2-11(3-6-14)16(19)18-9-8-12-10-13(17)4-7-15(12)18/h2-7,10H,8-9H2,1H3. The molecule has 3 nitrogen and oxygen atoms in total. The predicted molar refractivity (Wildman–Crippen MR) is 87.5 cm³/mol. The van der Waals surface area contributed by atoms with Crippen LogP contribution in [0.1, 0.15) is 15.9 Å². The average molecular weight is 379 g/mol. The van der Waals surface area contributed by atoms with Gasteiger partial charge in [0.1, 0.15) is 5.75 Å².